The molecule has 0 bridgehead atoms. The van der Waals surface area contributed by atoms with Gasteiger partial charge < -0.3 is 9.80 Å². The molecule has 0 unspecified atom stereocenters. The molecular formula is C48H48N2S2. The van der Waals surface area contributed by atoms with Crippen molar-refractivity contribution >= 4 is 46.3 Å². The molecule has 262 valence electrons. The van der Waals surface area contributed by atoms with E-state index < -0.39 is 0 Å². The second-order valence-corrected chi connectivity index (χ2v) is 16.3. The van der Waals surface area contributed by atoms with Crippen LogP contribution in [-0.4, -0.2) is 13.1 Å². The Hall–Kier alpha value is -4.38. The molecule has 0 spiro atoms. The summed E-state index contributed by atoms with van der Waals surface area (Å²) < 4.78 is 0. The number of rotatable bonds is 13. The zero-order valence-electron chi connectivity index (χ0n) is 30.5. The van der Waals surface area contributed by atoms with Gasteiger partial charge in [0.2, 0.25) is 0 Å². The van der Waals surface area contributed by atoms with Crippen molar-refractivity contribution < 1.29 is 0 Å². The lowest BCUT2D eigenvalue weighted by molar-refractivity contribution is 0.666. The summed E-state index contributed by atoms with van der Waals surface area (Å²) in [7, 11) is 0. The van der Waals surface area contributed by atoms with Gasteiger partial charge in [-0.2, -0.15) is 0 Å². The summed E-state index contributed by atoms with van der Waals surface area (Å²) >= 11 is 3.80. The van der Waals surface area contributed by atoms with E-state index in [-0.39, 0.29) is 0 Å². The van der Waals surface area contributed by atoms with Gasteiger partial charge in [0.1, 0.15) is 0 Å². The van der Waals surface area contributed by atoms with Crippen molar-refractivity contribution in [3.05, 3.63) is 133 Å². The van der Waals surface area contributed by atoms with Crippen molar-refractivity contribution in [2.24, 2.45) is 0 Å². The molecular weight excluding hydrogens is 669 g/mol. The number of hydrogen-bond donors (Lipinski definition) is 0. The van der Waals surface area contributed by atoms with E-state index in [1.54, 1.807) is 0 Å². The lowest BCUT2D eigenvalue weighted by Crippen LogP contribution is -2.21. The van der Waals surface area contributed by atoms with Gasteiger partial charge in [0.25, 0.3) is 0 Å². The zero-order valence-corrected chi connectivity index (χ0v) is 32.1. The predicted octanol–water partition coefficient (Wildman–Crippen LogP) is 15.1. The summed E-state index contributed by atoms with van der Waals surface area (Å²) in [5.41, 5.74) is 12.9. The quantitative estimate of drug-likeness (QED) is 0.110. The van der Waals surface area contributed by atoms with Gasteiger partial charge >= 0.3 is 0 Å². The summed E-state index contributed by atoms with van der Waals surface area (Å²) in [6, 6.07) is 50.0. The molecule has 0 radical (unpaired) electrons. The van der Waals surface area contributed by atoms with Gasteiger partial charge in [-0.05, 0) is 94.8 Å². The lowest BCUT2D eigenvalue weighted by atomic mass is 9.97. The standard InChI is InChI=1S/C48H48N2S2/c1-3-5-7-13-31-49-41-15-9-11-17-45(41)51-47-33-39(27-29-43(47)49)37-23-19-35(20-24-37)36-21-25-38(26-22-36)40-28-30-44-48(34-40)52-46-18-12-10-16-42(46)50(44)32-14-8-6-4-2/h9-12,15-30,33-34H,3-8,13-14,31-32H2,1-2H3. The van der Waals surface area contributed by atoms with E-state index in [9.17, 15) is 0 Å². The van der Waals surface area contributed by atoms with Crippen molar-refractivity contribution in [1.82, 2.24) is 0 Å². The van der Waals surface area contributed by atoms with Crippen LogP contribution in [0.2, 0.25) is 0 Å². The predicted molar refractivity (Wildman–Crippen MR) is 226 cm³/mol. The Morgan fingerprint density at radius 2 is 0.692 bits per heavy atom. The van der Waals surface area contributed by atoms with E-state index in [0.717, 1.165) is 13.1 Å². The second-order valence-electron chi connectivity index (χ2n) is 14.1. The van der Waals surface area contributed by atoms with Crippen LogP contribution >= 0.6 is 23.5 Å². The molecule has 52 heavy (non-hydrogen) atoms. The molecule has 6 aromatic rings. The fraction of sp³-hybridized carbons (Fsp3) is 0.250. The molecule has 8 rings (SSSR count). The molecule has 2 aliphatic heterocycles. The minimum atomic E-state index is 1.06. The van der Waals surface area contributed by atoms with Gasteiger partial charge in [0.05, 0.1) is 22.7 Å². The highest BCUT2D eigenvalue weighted by Gasteiger charge is 2.25. The summed E-state index contributed by atoms with van der Waals surface area (Å²) in [4.78, 5) is 10.5. The number of para-hydroxylation sites is 2. The molecule has 0 saturated heterocycles. The Kier molecular flexibility index (Phi) is 10.7. The monoisotopic (exact) mass is 716 g/mol. The van der Waals surface area contributed by atoms with Crippen LogP contribution in [0.4, 0.5) is 22.7 Å². The first-order chi connectivity index (χ1) is 25.7. The van der Waals surface area contributed by atoms with Crippen LogP contribution in [0.1, 0.15) is 65.2 Å². The van der Waals surface area contributed by atoms with Crippen LogP contribution in [0, 0.1) is 0 Å². The Labute approximate surface area is 319 Å². The van der Waals surface area contributed by atoms with Gasteiger partial charge in [0.15, 0.2) is 0 Å². The average molecular weight is 717 g/mol. The Bertz CT molecular complexity index is 1980. The molecule has 0 amide bonds. The Balaban J connectivity index is 0.985. The van der Waals surface area contributed by atoms with Crippen LogP contribution in [-0.2, 0) is 0 Å². The highest BCUT2D eigenvalue weighted by Crippen LogP contribution is 2.50. The van der Waals surface area contributed by atoms with Crippen molar-refractivity contribution in [2.75, 3.05) is 22.9 Å². The normalized spacial score (nSPS) is 13.0. The molecule has 4 heteroatoms. The van der Waals surface area contributed by atoms with Gasteiger partial charge in [-0.3, -0.25) is 0 Å². The molecule has 0 aromatic heterocycles. The highest BCUT2D eigenvalue weighted by atomic mass is 32.2. The van der Waals surface area contributed by atoms with Gasteiger partial charge in [-0.25, -0.2) is 0 Å². The van der Waals surface area contributed by atoms with Gasteiger partial charge in [-0.1, -0.05) is 161 Å². The van der Waals surface area contributed by atoms with Gasteiger partial charge in [-0.15, -0.1) is 0 Å². The van der Waals surface area contributed by atoms with Crippen molar-refractivity contribution in [2.45, 2.75) is 84.8 Å². The van der Waals surface area contributed by atoms with E-state index >= 15 is 0 Å². The first-order valence-electron chi connectivity index (χ1n) is 19.3. The van der Waals surface area contributed by atoms with Crippen LogP contribution in [0.25, 0.3) is 33.4 Å². The zero-order chi connectivity index (χ0) is 35.3. The lowest BCUT2D eigenvalue weighted by Gasteiger charge is -2.33. The average Bonchev–Trinajstić information content (AvgIpc) is 3.20. The summed E-state index contributed by atoms with van der Waals surface area (Å²) in [6.45, 7) is 6.69. The summed E-state index contributed by atoms with van der Waals surface area (Å²) in [6.07, 6.45) is 10.1. The molecule has 0 fully saturated rings. The van der Waals surface area contributed by atoms with Crippen LogP contribution in [0.3, 0.4) is 0 Å². The molecule has 0 atom stereocenters. The minimum Gasteiger partial charge on any atom is -0.340 e. The second kappa shape index (κ2) is 16.1. The first kappa shape index (κ1) is 34.7. The van der Waals surface area contributed by atoms with Crippen molar-refractivity contribution in [3.8, 4) is 33.4 Å². The highest BCUT2D eigenvalue weighted by molar-refractivity contribution is 8.00. The van der Waals surface area contributed by atoms with E-state index in [1.807, 2.05) is 23.5 Å². The molecule has 0 N–H and O–H groups in total. The molecule has 0 saturated carbocycles. The molecule has 2 aliphatic rings. The molecule has 2 heterocycles. The van der Waals surface area contributed by atoms with Crippen molar-refractivity contribution in [1.29, 1.82) is 0 Å². The number of nitrogens with zero attached hydrogens (tertiary/aromatic N) is 2. The van der Waals surface area contributed by atoms with Crippen molar-refractivity contribution in [3.63, 3.8) is 0 Å². The largest absolute Gasteiger partial charge is 0.340 e. The Morgan fingerprint density at radius 3 is 1.10 bits per heavy atom. The summed E-state index contributed by atoms with van der Waals surface area (Å²) in [5.74, 6) is 0. The Morgan fingerprint density at radius 1 is 0.346 bits per heavy atom. The van der Waals surface area contributed by atoms with E-state index in [1.165, 1.54) is 127 Å². The SMILES string of the molecule is CCCCCCN1c2ccccc2Sc2cc(-c3ccc(-c4ccc(-c5ccc6c(c5)Sc5ccccc5N6CCCCCC)cc4)cc3)ccc21. The van der Waals surface area contributed by atoms with Crippen LogP contribution in [0.5, 0.6) is 0 Å². The van der Waals surface area contributed by atoms with Crippen LogP contribution < -0.4 is 9.80 Å². The molecule has 0 aliphatic carbocycles. The van der Waals surface area contributed by atoms with E-state index in [4.69, 9.17) is 0 Å². The minimum absolute atomic E-state index is 1.06. The van der Waals surface area contributed by atoms with E-state index in [2.05, 4.69) is 157 Å². The third-order valence-electron chi connectivity index (χ3n) is 10.5. The summed E-state index contributed by atoms with van der Waals surface area (Å²) in [5, 5.41) is 0. The smallest absolute Gasteiger partial charge is 0.0553 e. The maximum absolute atomic E-state index is 2.54. The number of anilines is 4. The topological polar surface area (TPSA) is 6.48 Å². The molecule has 2 nitrogen and oxygen atoms in total. The number of fused-ring (bicyclic) bond motifs is 4. The maximum atomic E-state index is 2.54. The number of unbranched alkanes of at least 4 members (excludes halogenated alkanes) is 6. The first-order valence-corrected chi connectivity index (χ1v) is 20.9. The maximum Gasteiger partial charge on any atom is 0.0553 e. The number of hydrogen-bond acceptors (Lipinski definition) is 4. The van der Waals surface area contributed by atoms with Gasteiger partial charge in [0, 0.05) is 32.7 Å². The third-order valence-corrected chi connectivity index (χ3v) is 12.7. The van der Waals surface area contributed by atoms with E-state index in [0.29, 0.717) is 0 Å². The fourth-order valence-electron chi connectivity index (χ4n) is 7.61. The number of benzene rings is 6. The molecule has 6 aromatic carbocycles. The fourth-order valence-corrected chi connectivity index (χ4v) is 9.88. The van der Waals surface area contributed by atoms with Crippen LogP contribution in [0.15, 0.2) is 153 Å². The third kappa shape index (κ3) is 7.29.